The first-order valence-electron chi connectivity index (χ1n) is 5.60. The van der Waals surface area contributed by atoms with Crippen LogP contribution in [0.2, 0.25) is 0 Å². The van der Waals surface area contributed by atoms with Gasteiger partial charge in [0.25, 0.3) is 0 Å². The van der Waals surface area contributed by atoms with Gasteiger partial charge < -0.3 is 10.3 Å². The first-order valence-corrected chi connectivity index (χ1v) is 7.21. The molecule has 92 valence electrons. The van der Waals surface area contributed by atoms with E-state index in [-0.39, 0.29) is 0 Å². The lowest BCUT2D eigenvalue weighted by Gasteiger charge is -2.06. The highest BCUT2D eigenvalue weighted by Gasteiger charge is 2.11. The first kappa shape index (κ1) is 11.7. The van der Waals surface area contributed by atoms with Crippen LogP contribution in [0.1, 0.15) is 10.4 Å². The molecule has 2 N–H and O–H groups in total. The zero-order valence-corrected chi connectivity index (χ0v) is 12.3. The summed E-state index contributed by atoms with van der Waals surface area (Å²) in [7, 11) is 0. The second kappa shape index (κ2) is 4.40. The highest BCUT2D eigenvalue weighted by Crippen LogP contribution is 2.27. The van der Waals surface area contributed by atoms with Crippen molar-refractivity contribution < 1.29 is 0 Å². The van der Waals surface area contributed by atoms with Gasteiger partial charge in [-0.2, -0.15) is 0 Å². The van der Waals surface area contributed by atoms with Gasteiger partial charge in [0.05, 0.1) is 21.4 Å². The molecule has 2 heterocycles. The highest BCUT2D eigenvalue weighted by molar-refractivity contribution is 9.11. The summed E-state index contributed by atoms with van der Waals surface area (Å²) in [6.45, 7) is 2.85. The quantitative estimate of drug-likeness (QED) is 0.780. The van der Waals surface area contributed by atoms with Crippen molar-refractivity contribution in [2.45, 2.75) is 13.5 Å². The Bertz CT molecular complexity index is 714. The third kappa shape index (κ3) is 1.93. The standard InChI is InChI=1S/C13H12BrN3S/c1-8-3-2-4-10-12(8)17(13(15)16-10)7-9-5-6-11(14)18-9/h2-6H,7H2,1H3,(H2,15,16). The van der Waals surface area contributed by atoms with Gasteiger partial charge in [0.2, 0.25) is 5.95 Å². The van der Waals surface area contributed by atoms with E-state index in [4.69, 9.17) is 5.73 Å². The van der Waals surface area contributed by atoms with E-state index in [0.29, 0.717) is 5.95 Å². The molecule has 3 nitrogen and oxygen atoms in total. The van der Waals surface area contributed by atoms with Crippen LogP contribution in [-0.2, 0) is 6.54 Å². The number of hydrogen-bond acceptors (Lipinski definition) is 3. The summed E-state index contributed by atoms with van der Waals surface area (Å²) in [4.78, 5) is 5.67. The molecule has 0 bridgehead atoms. The molecule has 0 aliphatic carbocycles. The van der Waals surface area contributed by atoms with E-state index >= 15 is 0 Å². The Labute approximate surface area is 117 Å². The maximum Gasteiger partial charge on any atom is 0.201 e. The number of anilines is 1. The molecule has 0 aliphatic heterocycles. The van der Waals surface area contributed by atoms with E-state index in [1.165, 1.54) is 10.4 Å². The molecule has 0 amide bonds. The largest absolute Gasteiger partial charge is 0.369 e. The summed E-state index contributed by atoms with van der Waals surface area (Å²) in [5.74, 6) is 0.573. The number of rotatable bonds is 2. The molecule has 0 radical (unpaired) electrons. The smallest absolute Gasteiger partial charge is 0.201 e. The fraction of sp³-hybridized carbons (Fsp3) is 0.154. The highest BCUT2D eigenvalue weighted by atomic mass is 79.9. The average molecular weight is 322 g/mol. The molecule has 2 aromatic heterocycles. The predicted octanol–water partition coefficient (Wildman–Crippen LogP) is 3.80. The molecule has 3 rings (SSSR count). The SMILES string of the molecule is Cc1cccc2nc(N)n(Cc3ccc(Br)s3)c12. The van der Waals surface area contributed by atoms with Gasteiger partial charge in [-0.1, -0.05) is 12.1 Å². The first-order chi connectivity index (χ1) is 8.65. The number of fused-ring (bicyclic) bond motifs is 1. The van der Waals surface area contributed by atoms with Crippen molar-refractivity contribution in [1.82, 2.24) is 9.55 Å². The van der Waals surface area contributed by atoms with Crippen molar-refractivity contribution in [3.8, 4) is 0 Å². The van der Waals surface area contributed by atoms with Crippen molar-refractivity contribution in [3.05, 3.63) is 44.6 Å². The summed E-state index contributed by atoms with van der Waals surface area (Å²) in [5, 5.41) is 0. The molecule has 18 heavy (non-hydrogen) atoms. The Morgan fingerprint density at radius 2 is 2.17 bits per heavy atom. The number of halogens is 1. The third-order valence-electron chi connectivity index (χ3n) is 2.94. The van der Waals surface area contributed by atoms with Gasteiger partial charge in [-0.25, -0.2) is 4.98 Å². The number of thiophene rings is 1. The average Bonchev–Trinajstić information content (AvgIpc) is 2.85. The second-order valence-corrected chi connectivity index (χ2v) is 6.75. The van der Waals surface area contributed by atoms with E-state index in [1.54, 1.807) is 11.3 Å². The van der Waals surface area contributed by atoms with Crippen LogP contribution in [0.25, 0.3) is 11.0 Å². The van der Waals surface area contributed by atoms with Gasteiger partial charge in [0.1, 0.15) is 0 Å². The van der Waals surface area contributed by atoms with Crippen LogP contribution in [0.15, 0.2) is 34.1 Å². The Kier molecular flexibility index (Phi) is 2.87. The number of benzene rings is 1. The second-order valence-electron chi connectivity index (χ2n) is 4.20. The fourth-order valence-corrected chi connectivity index (χ4v) is 3.61. The summed E-state index contributed by atoms with van der Waals surface area (Å²) in [6.07, 6.45) is 0. The molecule has 0 spiro atoms. The van der Waals surface area contributed by atoms with Crippen LogP contribution < -0.4 is 5.73 Å². The van der Waals surface area contributed by atoms with Crippen molar-refractivity contribution in [3.63, 3.8) is 0 Å². The number of nitrogens with zero attached hydrogens (tertiary/aromatic N) is 2. The molecule has 0 saturated carbocycles. The van der Waals surface area contributed by atoms with Crippen molar-refractivity contribution in [2.24, 2.45) is 0 Å². The molecule has 1 aromatic carbocycles. The van der Waals surface area contributed by atoms with Gasteiger partial charge >= 0.3 is 0 Å². The van der Waals surface area contributed by atoms with Gasteiger partial charge in [-0.3, -0.25) is 0 Å². The molecule has 0 saturated heterocycles. The van der Waals surface area contributed by atoms with Crippen LogP contribution in [0.5, 0.6) is 0 Å². The number of para-hydroxylation sites is 1. The number of aromatic nitrogens is 2. The Morgan fingerprint density at radius 3 is 2.89 bits per heavy atom. The minimum Gasteiger partial charge on any atom is -0.369 e. The number of aryl methyl sites for hydroxylation is 1. The number of imidazole rings is 1. The lowest BCUT2D eigenvalue weighted by molar-refractivity contribution is 0.850. The maximum atomic E-state index is 6.02. The molecule has 0 fully saturated rings. The van der Waals surface area contributed by atoms with Crippen LogP contribution in [0, 0.1) is 6.92 Å². The zero-order chi connectivity index (χ0) is 12.7. The Balaban J connectivity index is 2.13. The monoisotopic (exact) mass is 321 g/mol. The molecular formula is C13H12BrN3S. The Morgan fingerprint density at radius 1 is 1.33 bits per heavy atom. The minimum absolute atomic E-state index is 0.573. The molecule has 0 atom stereocenters. The zero-order valence-electron chi connectivity index (χ0n) is 9.85. The molecule has 0 unspecified atom stereocenters. The van der Waals surface area contributed by atoms with Crippen molar-refractivity contribution >= 4 is 44.2 Å². The number of hydrogen-bond donors (Lipinski definition) is 1. The molecular weight excluding hydrogens is 310 g/mol. The van der Waals surface area contributed by atoms with E-state index in [2.05, 4.69) is 50.6 Å². The summed E-state index contributed by atoms with van der Waals surface area (Å²) >= 11 is 5.20. The van der Waals surface area contributed by atoms with Crippen LogP contribution in [0.4, 0.5) is 5.95 Å². The van der Waals surface area contributed by atoms with Crippen molar-refractivity contribution in [1.29, 1.82) is 0 Å². The third-order valence-corrected chi connectivity index (χ3v) is 4.55. The van der Waals surface area contributed by atoms with E-state index < -0.39 is 0 Å². The molecule has 3 aromatic rings. The lowest BCUT2D eigenvalue weighted by Crippen LogP contribution is -2.04. The van der Waals surface area contributed by atoms with E-state index in [1.807, 2.05) is 12.1 Å². The van der Waals surface area contributed by atoms with Crippen LogP contribution >= 0.6 is 27.3 Å². The number of nitrogen functional groups attached to an aromatic ring is 1. The van der Waals surface area contributed by atoms with E-state index in [9.17, 15) is 0 Å². The molecule has 0 aliphatic rings. The normalized spacial score (nSPS) is 11.2. The summed E-state index contributed by atoms with van der Waals surface area (Å²) in [6, 6.07) is 10.3. The van der Waals surface area contributed by atoms with E-state index in [0.717, 1.165) is 21.4 Å². The maximum absolute atomic E-state index is 6.02. The topological polar surface area (TPSA) is 43.8 Å². The summed E-state index contributed by atoms with van der Waals surface area (Å²) < 4.78 is 3.21. The van der Waals surface area contributed by atoms with Crippen molar-refractivity contribution in [2.75, 3.05) is 5.73 Å². The van der Waals surface area contributed by atoms with Gasteiger partial charge in [0.15, 0.2) is 0 Å². The molecule has 5 heteroatoms. The lowest BCUT2D eigenvalue weighted by atomic mass is 10.2. The summed E-state index contributed by atoms with van der Waals surface area (Å²) in [5.41, 5.74) is 9.31. The van der Waals surface area contributed by atoms with Crippen LogP contribution in [-0.4, -0.2) is 9.55 Å². The number of nitrogens with two attached hydrogens (primary N) is 1. The van der Waals surface area contributed by atoms with Gasteiger partial charge in [-0.15, -0.1) is 11.3 Å². The fourth-order valence-electron chi connectivity index (χ4n) is 2.14. The van der Waals surface area contributed by atoms with Crippen LogP contribution in [0.3, 0.4) is 0 Å². The minimum atomic E-state index is 0.573. The Hall–Kier alpha value is -1.33. The van der Waals surface area contributed by atoms with Gasteiger partial charge in [0, 0.05) is 4.88 Å². The predicted molar refractivity (Wildman–Crippen MR) is 80.0 cm³/mol. The van der Waals surface area contributed by atoms with Gasteiger partial charge in [-0.05, 0) is 46.6 Å².